The molecule has 29 heavy (non-hydrogen) atoms. The molecule has 0 atom stereocenters. The van der Waals surface area contributed by atoms with E-state index in [-0.39, 0.29) is 5.91 Å². The molecule has 0 bridgehead atoms. The molecule has 2 heterocycles. The topological polar surface area (TPSA) is 68.0 Å². The number of hydrogen-bond acceptors (Lipinski definition) is 3. The molecule has 2 N–H and O–H groups in total. The van der Waals surface area contributed by atoms with Gasteiger partial charge in [0.25, 0.3) is 5.91 Å². The second-order valence-corrected chi connectivity index (χ2v) is 7.11. The Morgan fingerprint density at radius 1 is 1.10 bits per heavy atom. The third-order valence-corrected chi connectivity index (χ3v) is 5.18. The Morgan fingerprint density at radius 3 is 2.55 bits per heavy atom. The summed E-state index contributed by atoms with van der Waals surface area (Å²) in [6, 6.07) is 19.1. The maximum absolute atomic E-state index is 12.9. The smallest absolute Gasteiger partial charge is 0.258 e. The van der Waals surface area contributed by atoms with E-state index in [0.717, 1.165) is 41.2 Å². The van der Waals surface area contributed by atoms with E-state index in [4.69, 9.17) is 10.7 Å². The molecule has 0 fully saturated rings. The highest BCUT2D eigenvalue weighted by molar-refractivity contribution is 6.07. The first-order valence-corrected chi connectivity index (χ1v) is 9.56. The molecule has 0 saturated carbocycles. The van der Waals surface area contributed by atoms with E-state index in [0.29, 0.717) is 5.56 Å². The molecular weight excluding hydrogens is 362 g/mol. The number of rotatable bonds is 5. The van der Waals surface area contributed by atoms with Crippen LogP contribution in [0.3, 0.4) is 0 Å². The molecule has 6 nitrogen and oxygen atoms in total. The van der Waals surface area contributed by atoms with Gasteiger partial charge in [0.2, 0.25) is 0 Å². The average Bonchev–Trinajstić information content (AvgIpc) is 3.08. The summed E-state index contributed by atoms with van der Waals surface area (Å²) >= 11 is 0. The number of carbonyl (C=O) groups is 1. The Bertz CT molecular complexity index is 1150. The van der Waals surface area contributed by atoms with Crippen molar-refractivity contribution in [2.24, 2.45) is 7.05 Å². The summed E-state index contributed by atoms with van der Waals surface area (Å²) in [5, 5.41) is 0. The Morgan fingerprint density at radius 2 is 1.83 bits per heavy atom. The minimum absolute atomic E-state index is 0.0530. The molecule has 0 aliphatic carbocycles. The number of aryl methyl sites for hydroxylation is 3. The van der Waals surface area contributed by atoms with Gasteiger partial charge in [0.05, 0.1) is 17.5 Å². The van der Waals surface area contributed by atoms with E-state index in [1.807, 2.05) is 80.1 Å². The van der Waals surface area contributed by atoms with Gasteiger partial charge in [-0.05, 0) is 30.3 Å². The monoisotopic (exact) mass is 386 g/mol. The molecule has 2 aromatic carbocycles. The zero-order valence-corrected chi connectivity index (χ0v) is 16.6. The van der Waals surface area contributed by atoms with Gasteiger partial charge < -0.3 is 15.2 Å². The molecule has 1 amide bonds. The summed E-state index contributed by atoms with van der Waals surface area (Å²) in [6.45, 7) is 0.806. The first-order valence-electron chi connectivity index (χ1n) is 9.56. The Balaban J connectivity index is 1.56. The van der Waals surface area contributed by atoms with Gasteiger partial charge in [0.1, 0.15) is 5.82 Å². The third-order valence-electron chi connectivity index (χ3n) is 5.18. The number of amides is 1. The van der Waals surface area contributed by atoms with Crippen LogP contribution in [0.1, 0.15) is 16.2 Å². The van der Waals surface area contributed by atoms with Crippen molar-refractivity contribution in [1.29, 1.82) is 0 Å². The van der Waals surface area contributed by atoms with Crippen molar-refractivity contribution in [1.82, 2.24) is 9.55 Å². The van der Waals surface area contributed by atoms with Crippen LogP contribution in [0.4, 0.5) is 11.4 Å². The van der Waals surface area contributed by atoms with Crippen LogP contribution in [0.25, 0.3) is 11.0 Å². The van der Waals surface area contributed by atoms with E-state index in [1.165, 1.54) is 0 Å². The van der Waals surface area contributed by atoms with Crippen molar-refractivity contribution in [2.45, 2.75) is 13.0 Å². The molecule has 0 aliphatic rings. The number of anilines is 2. The molecular formula is C23H24N5O+. The molecule has 0 radical (unpaired) electrons. The van der Waals surface area contributed by atoms with Crippen molar-refractivity contribution < 1.29 is 9.36 Å². The predicted molar refractivity (Wildman–Crippen MR) is 115 cm³/mol. The third kappa shape index (κ3) is 3.82. The van der Waals surface area contributed by atoms with Crippen LogP contribution in [0, 0.1) is 0 Å². The number of benzene rings is 2. The molecule has 4 aromatic rings. The number of hydrogen-bond donors (Lipinski definition) is 1. The van der Waals surface area contributed by atoms with Gasteiger partial charge in [-0.25, -0.2) is 9.55 Å². The zero-order valence-electron chi connectivity index (χ0n) is 16.6. The van der Waals surface area contributed by atoms with Crippen molar-refractivity contribution in [3.05, 3.63) is 84.4 Å². The predicted octanol–water partition coefficient (Wildman–Crippen LogP) is 2.96. The van der Waals surface area contributed by atoms with E-state index < -0.39 is 0 Å². The number of pyridine rings is 1. The van der Waals surface area contributed by atoms with Crippen LogP contribution in [0.15, 0.2) is 73.1 Å². The highest BCUT2D eigenvalue weighted by Gasteiger charge is 2.16. The van der Waals surface area contributed by atoms with Crippen molar-refractivity contribution in [2.75, 3.05) is 17.7 Å². The minimum atomic E-state index is -0.0530. The number of carbonyl (C=O) groups excluding carboxylic acids is 1. The number of aromatic nitrogens is 3. The van der Waals surface area contributed by atoms with Crippen molar-refractivity contribution in [3.63, 3.8) is 0 Å². The first kappa shape index (κ1) is 18.7. The lowest BCUT2D eigenvalue weighted by Crippen LogP contribution is -2.34. The lowest BCUT2D eigenvalue weighted by Gasteiger charge is -2.17. The average molecular weight is 386 g/mol. The maximum atomic E-state index is 12.9. The number of nitrogen functional groups attached to an aromatic ring is 1. The Labute approximate surface area is 169 Å². The Kier molecular flexibility index (Phi) is 4.99. The second kappa shape index (κ2) is 7.75. The van der Waals surface area contributed by atoms with E-state index in [1.54, 1.807) is 11.9 Å². The number of imidazole rings is 1. The fourth-order valence-electron chi connectivity index (χ4n) is 3.42. The van der Waals surface area contributed by atoms with Gasteiger partial charge in [0, 0.05) is 43.2 Å². The van der Waals surface area contributed by atoms with E-state index in [2.05, 4.69) is 9.13 Å². The van der Waals surface area contributed by atoms with Crippen LogP contribution >= 0.6 is 0 Å². The van der Waals surface area contributed by atoms with Crippen molar-refractivity contribution in [3.8, 4) is 0 Å². The normalized spacial score (nSPS) is 11.0. The number of fused-ring (bicyclic) bond motifs is 1. The van der Waals surface area contributed by atoms with Crippen molar-refractivity contribution >= 4 is 28.3 Å². The summed E-state index contributed by atoms with van der Waals surface area (Å²) < 4.78 is 4.17. The number of nitrogens with zero attached hydrogens (tertiary/aromatic N) is 4. The largest absolute Gasteiger partial charge is 0.398 e. The summed E-state index contributed by atoms with van der Waals surface area (Å²) in [5.41, 5.74) is 9.83. The van der Waals surface area contributed by atoms with Crippen LogP contribution in [-0.4, -0.2) is 22.5 Å². The number of para-hydroxylation sites is 1. The first-order chi connectivity index (χ1) is 14.0. The molecule has 4 rings (SSSR count). The second-order valence-electron chi connectivity index (χ2n) is 7.11. The molecule has 2 aromatic heterocycles. The summed E-state index contributed by atoms with van der Waals surface area (Å²) in [5.74, 6) is 0.924. The summed E-state index contributed by atoms with van der Waals surface area (Å²) in [7, 11) is 3.80. The van der Waals surface area contributed by atoms with Gasteiger partial charge in [-0.15, -0.1) is 0 Å². The van der Waals surface area contributed by atoms with E-state index in [9.17, 15) is 4.79 Å². The minimum Gasteiger partial charge on any atom is -0.398 e. The molecule has 146 valence electrons. The maximum Gasteiger partial charge on any atom is 0.258 e. The standard InChI is InChI=1S/C23H23N5O/c1-26(19-6-4-3-5-7-19)23(29)17-8-9-21-20(16-17)25-22(27(21)2)12-15-28-13-10-18(24)11-14-28/h3-11,13-14,16,24H,12,15H2,1-2H3/p+1. The molecule has 6 heteroatoms. The fourth-order valence-corrected chi connectivity index (χ4v) is 3.42. The Hall–Kier alpha value is -3.67. The lowest BCUT2D eigenvalue weighted by atomic mass is 10.1. The quantitative estimate of drug-likeness (QED) is 0.536. The highest BCUT2D eigenvalue weighted by Crippen LogP contribution is 2.20. The lowest BCUT2D eigenvalue weighted by molar-refractivity contribution is -0.696. The van der Waals surface area contributed by atoms with Gasteiger partial charge in [0.15, 0.2) is 18.9 Å². The summed E-state index contributed by atoms with van der Waals surface area (Å²) in [4.78, 5) is 19.3. The highest BCUT2D eigenvalue weighted by atomic mass is 16.2. The molecule has 0 spiro atoms. The van der Waals surface area contributed by atoms with Gasteiger partial charge >= 0.3 is 0 Å². The van der Waals surface area contributed by atoms with Gasteiger partial charge in [-0.1, -0.05) is 18.2 Å². The van der Waals surface area contributed by atoms with Crippen LogP contribution < -0.4 is 15.2 Å². The van der Waals surface area contributed by atoms with E-state index >= 15 is 0 Å². The SMILES string of the molecule is CN(C(=O)c1ccc2c(c1)nc(CC[n+]1ccc(N)cc1)n2C)c1ccccc1. The fraction of sp³-hybridized carbons (Fsp3) is 0.174. The van der Waals surface area contributed by atoms with Crippen LogP contribution in [0.5, 0.6) is 0 Å². The van der Waals surface area contributed by atoms with Gasteiger partial charge in [-0.3, -0.25) is 4.79 Å². The summed E-state index contributed by atoms with van der Waals surface area (Å²) in [6.07, 6.45) is 4.72. The molecule has 0 saturated heterocycles. The van der Waals surface area contributed by atoms with Gasteiger partial charge in [-0.2, -0.15) is 0 Å². The number of nitrogens with two attached hydrogens (primary N) is 1. The van der Waals surface area contributed by atoms with Crippen LogP contribution in [-0.2, 0) is 20.0 Å². The molecule has 0 unspecified atom stereocenters. The van der Waals surface area contributed by atoms with Crippen LogP contribution in [0.2, 0.25) is 0 Å². The molecule has 0 aliphatic heterocycles. The zero-order chi connectivity index (χ0) is 20.4.